The molecule has 7 heteroatoms. The standard InChI is InChI=1S/C9H15F5N2/c10-8(11)5-15-7-1-3-16(4-2-7)6-9(12,13)14/h7-8,15H,1-6H2. The fraction of sp³-hybridized carbons (Fsp3) is 1.00. The molecule has 96 valence electrons. The van der Waals surface area contributed by atoms with Crippen LogP contribution < -0.4 is 5.32 Å². The van der Waals surface area contributed by atoms with Gasteiger partial charge in [0.15, 0.2) is 0 Å². The molecule has 0 aromatic carbocycles. The maximum atomic E-state index is 12.0. The molecule has 0 spiro atoms. The normalized spacial score (nSPS) is 20.6. The van der Waals surface area contributed by atoms with E-state index in [0.717, 1.165) is 0 Å². The number of hydrogen-bond donors (Lipinski definition) is 1. The second-order valence-corrected chi connectivity index (χ2v) is 3.96. The van der Waals surface area contributed by atoms with Gasteiger partial charge in [0.05, 0.1) is 13.1 Å². The van der Waals surface area contributed by atoms with Gasteiger partial charge in [-0.2, -0.15) is 13.2 Å². The Labute approximate surface area is 90.8 Å². The van der Waals surface area contributed by atoms with Gasteiger partial charge >= 0.3 is 6.18 Å². The SMILES string of the molecule is FC(F)CNC1CCN(CC(F)(F)F)CC1. The Morgan fingerprint density at radius 3 is 2.19 bits per heavy atom. The van der Waals surface area contributed by atoms with Crippen molar-refractivity contribution < 1.29 is 22.0 Å². The smallest absolute Gasteiger partial charge is 0.309 e. The van der Waals surface area contributed by atoms with Gasteiger partial charge in [0.25, 0.3) is 6.43 Å². The Hall–Kier alpha value is -0.430. The fourth-order valence-corrected chi connectivity index (χ4v) is 1.80. The molecular formula is C9H15F5N2. The van der Waals surface area contributed by atoms with Crippen molar-refractivity contribution in [2.75, 3.05) is 26.2 Å². The molecular weight excluding hydrogens is 231 g/mol. The summed E-state index contributed by atoms with van der Waals surface area (Å²) < 4.78 is 59.8. The maximum Gasteiger partial charge on any atom is 0.401 e. The first-order valence-electron chi connectivity index (χ1n) is 5.17. The Kier molecular flexibility index (Phi) is 4.91. The highest BCUT2D eigenvalue weighted by Gasteiger charge is 2.32. The van der Waals surface area contributed by atoms with Crippen molar-refractivity contribution in [3.63, 3.8) is 0 Å². The predicted octanol–water partition coefficient (Wildman–Crippen LogP) is 1.87. The summed E-state index contributed by atoms with van der Waals surface area (Å²) in [6.45, 7) is -0.681. The van der Waals surface area contributed by atoms with Gasteiger partial charge in [0.1, 0.15) is 0 Å². The van der Waals surface area contributed by atoms with E-state index in [2.05, 4.69) is 5.32 Å². The number of hydrogen-bond acceptors (Lipinski definition) is 2. The van der Waals surface area contributed by atoms with Crippen LogP contribution in [0.4, 0.5) is 22.0 Å². The molecule has 0 bridgehead atoms. The van der Waals surface area contributed by atoms with Crippen molar-refractivity contribution in [2.24, 2.45) is 0 Å². The molecule has 1 aliphatic heterocycles. The number of nitrogens with one attached hydrogen (secondary N) is 1. The number of piperidine rings is 1. The molecule has 16 heavy (non-hydrogen) atoms. The lowest BCUT2D eigenvalue weighted by Gasteiger charge is -2.32. The molecule has 1 fully saturated rings. The lowest BCUT2D eigenvalue weighted by Crippen LogP contribution is -2.46. The van der Waals surface area contributed by atoms with E-state index in [1.807, 2.05) is 0 Å². The van der Waals surface area contributed by atoms with Crippen LogP contribution >= 0.6 is 0 Å². The van der Waals surface area contributed by atoms with Gasteiger partial charge in [-0.3, -0.25) is 4.90 Å². The summed E-state index contributed by atoms with van der Waals surface area (Å²) in [6, 6.07) is -0.0847. The molecule has 0 aromatic rings. The number of halogens is 5. The fourth-order valence-electron chi connectivity index (χ4n) is 1.80. The van der Waals surface area contributed by atoms with Gasteiger partial charge in [-0.15, -0.1) is 0 Å². The first kappa shape index (κ1) is 13.6. The molecule has 0 saturated carbocycles. The second kappa shape index (κ2) is 5.77. The lowest BCUT2D eigenvalue weighted by molar-refractivity contribution is -0.148. The molecule has 1 heterocycles. The minimum Gasteiger partial charge on any atom is -0.309 e. The molecule has 1 aliphatic rings. The molecule has 0 unspecified atom stereocenters. The average molecular weight is 246 g/mol. The largest absolute Gasteiger partial charge is 0.401 e. The van der Waals surface area contributed by atoms with Crippen LogP contribution in [-0.2, 0) is 0 Å². The molecule has 1 saturated heterocycles. The van der Waals surface area contributed by atoms with Gasteiger partial charge in [-0.05, 0) is 25.9 Å². The number of likely N-dealkylation sites (tertiary alicyclic amines) is 1. The van der Waals surface area contributed by atoms with Crippen molar-refractivity contribution in [1.29, 1.82) is 0 Å². The first-order chi connectivity index (χ1) is 7.37. The van der Waals surface area contributed by atoms with Gasteiger partial charge < -0.3 is 5.32 Å². The van der Waals surface area contributed by atoms with E-state index >= 15 is 0 Å². The molecule has 0 aliphatic carbocycles. The topological polar surface area (TPSA) is 15.3 Å². The van der Waals surface area contributed by atoms with Crippen LogP contribution in [0.15, 0.2) is 0 Å². The Morgan fingerprint density at radius 2 is 1.75 bits per heavy atom. The van der Waals surface area contributed by atoms with Crippen LogP contribution in [0.5, 0.6) is 0 Å². The van der Waals surface area contributed by atoms with Crippen LogP contribution in [0.25, 0.3) is 0 Å². The van der Waals surface area contributed by atoms with E-state index in [1.54, 1.807) is 0 Å². The summed E-state index contributed by atoms with van der Waals surface area (Å²) in [5.41, 5.74) is 0. The van der Waals surface area contributed by atoms with Crippen molar-refractivity contribution in [1.82, 2.24) is 10.2 Å². The summed E-state index contributed by atoms with van der Waals surface area (Å²) in [7, 11) is 0. The van der Waals surface area contributed by atoms with E-state index in [-0.39, 0.29) is 12.6 Å². The van der Waals surface area contributed by atoms with Gasteiger partial charge in [0.2, 0.25) is 0 Å². The second-order valence-electron chi connectivity index (χ2n) is 3.96. The molecule has 2 nitrogen and oxygen atoms in total. The Bertz CT molecular complexity index is 199. The third kappa shape index (κ3) is 5.60. The summed E-state index contributed by atoms with van der Waals surface area (Å²) in [4.78, 5) is 1.31. The van der Waals surface area contributed by atoms with Crippen LogP contribution in [0.2, 0.25) is 0 Å². The lowest BCUT2D eigenvalue weighted by atomic mass is 10.1. The quantitative estimate of drug-likeness (QED) is 0.762. The van der Waals surface area contributed by atoms with Crippen LogP contribution in [0.1, 0.15) is 12.8 Å². The summed E-state index contributed by atoms with van der Waals surface area (Å²) >= 11 is 0. The third-order valence-electron chi connectivity index (χ3n) is 2.55. The highest BCUT2D eigenvalue weighted by molar-refractivity contribution is 4.78. The van der Waals surface area contributed by atoms with Crippen molar-refractivity contribution in [3.8, 4) is 0 Å². The van der Waals surface area contributed by atoms with Gasteiger partial charge in [-0.1, -0.05) is 0 Å². The van der Waals surface area contributed by atoms with Gasteiger partial charge in [0, 0.05) is 6.04 Å². The molecule has 1 rings (SSSR count). The molecule has 1 N–H and O–H groups in total. The first-order valence-corrected chi connectivity index (χ1v) is 5.17. The van der Waals surface area contributed by atoms with E-state index in [9.17, 15) is 22.0 Å². The predicted molar refractivity (Wildman–Crippen MR) is 49.5 cm³/mol. The summed E-state index contributed by atoms with van der Waals surface area (Å²) in [6.07, 6.45) is -5.61. The third-order valence-corrected chi connectivity index (χ3v) is 2.55. The minimum absolute atomic E-state index is 0.0847. The number of nitrogens with zero attached hydrogens (tertiary/aromatic N) is 1. The zero-order chi connectivity index (χ0) is 12.2. The number of alkyl halides is 5. The Morgan fingerprint density at radius 1 is 1.19 bits per heavy atom. The summed E-state index contributed by atoms with van der Waals surface area (Å²) in [5, 5.41) is 2.65. The average Bonchev–Trinajstić information content (AvgIpc) is 2.14. The zero-order valence-corrected chi connectivity index (χ0v) is 8.73. The summed E-state index contributed by atoms with van der Waals surface area (Å²) in [5.74, 6) is 0. The van der Waals surface area contributed by atoms with Crippen molar-refractivity contribution in [2.45, 2.75) is 31.5 Å². The van der Waals surface area contributed by atoms with Crippen LogP contribution in [0.3, 0.4) is 0 Å². The zero-order valence-electron chi connectivity index (χ0n) is 8.73. The number of rotatable bonds is 4. The molecule has 0 aromatic heterocycles. The minimum atomic E-state index is -4.18. The van der Waals surface area contributed by atoms with Crippen LogP contribution in [-0.4, -0.2) is 49.7 Å². The molecule has 0 radical (unpaired) electrons. The monoisotopic (exact) mass is 246 g/mol. The van der Waals surface area contributed by atoms with E-state index in [4.69, 9.17) is 0 Å². The van der Waals surface area contributed by atoms with E-state index in [0.29, 0.717) is 25.9 Å². The molecule has 0 atom stereocenters. The maximum absolute atomic E-state index is 12.0. The van der Waals surface area contributed by atoms with E-state index in [1.165, 1.54) is 4.90 Å². The highest BCUT2D eigenvalue weighted by Crippen LogP contribution is 2.19. The van der Waals surface area contributed by atoms with Crippen LogP contribution in [0, 0.1) is 0 Å². The Balaban J connectivity index is 2.18. The molecule has 0 amide bonds. The highest BCUT2D eigenvalue weighted by atomic mass is 19.4. The van der Waals surface area contributed by atoms with Gasteiger partial charge in [-0.25, -0.2) is 8.78 Å². The van der Waals surface area contributed by atoms with E-state index < -0.39 is 19.1 Å². The van der Waals surface area contributed by atoms with Crippen molar-refractivity contribution >= 4 is 0 Å². The van der Waals surface area contributed by atoms with Crippen molar-refractivity contribution in [3.05, 3.63) is 0 Å².